The number of aryl methyl sites for hydroxylation is 1. The Morgan fingerprint density at radius 3 is 2.75 bits per heavy atom. The molecule has 5 nitrogen and oxygen atoms in total. The number of imidazole rings is 1. The van der Waals surface area contributed by atoms with Crippen molar-refractivity contribution in [2.75, 3.05) is 19.1 Å². The number of rotatable bonds is 6. The van der Waals surface area contributed by atoms with Gasteiger partial charge in [-0.05, 0) is 18.6 Å². The van der Waals surface area contributed by atoms with Crippen LogP contribution in [0.4, 0.5) is 0 Å². The van der Waals surface area contributed by atoms with Crippen LogP contribution in [0.15, 0.2) is 18.2 Å². The molecule has 1 aromatic heterocycles. The zero-order valence-corrected chi connectivity index (χ0v) is 13.0. The van der Waals surface area contributed by atoms with Gasteiger partial charge in [0.15, 0.2) is 0 Å². The zero-order chi connectivity index (χ0) is 14.8. The number of halogens is 1. The van der Waals surface area contributed by atoms with Gasteiger partial charge in [0.05, 0.1) is 29.8 Å². The fourth-order valence-corrected chi connectivity index (χ4v) is 2.98. The van der Waals surface area contributed by atoms with Gasteiger partial charge in [0, 0.05) is 18.9 Å². The van der Waals surface area contributed by atoms with E-state index in [1.165, 1.54) is 6.26 Å². The van der Waals surface area contributed by atoms with E-state index in [2.05, 4.69) is 4.98 Å². The van der Waals surface area contributed by atoms with Crippen molar-refractivity contribution in [1.29, 1.82) is 0 Å². The minimum Gasteiger partial charge on any atom is -0.497 e. The molecule has 0 aliphatic carbocycles. The minimum absolute atomic E-state index is 0.157. The highest BCUT2D eigenvalue weighted by atomic mass is 35.5. The predicted octanol–water partition coefficient (Wildman–Crippen LogP) is 2.22. The molecule has 110 valence electrons. The van der Waals surface area contributed by atoms with Crippen molar-refractivity contribution in [1.82, 2.24) is 9.55 Å². The molecule has 0 saturated heterocycles. The summed E-state index contributed by atoms with van der Waals surface area (Å²) in [6.07, 6.45) is 1.78. The van der Waals surface area contributed by atoms with Crippen molar-refractivity contribution in [3.63, 3.8) is 0 Å². The Labute approximate surface area is 123 Å². The first-order valence-corrected chi connectivity index (χ1v) is 8.81. The fraction of sp³-hybridized carbons (Fsp3) is 0.462. The maximum atomic E-state index is 11.2. The molecule has 7 heteroatoms. The van der Waals surface area contributed by atoms with Gasteiger partial charge in [-0.3, -0.25) is 0 Å². The number of aromatic nitrogens is 2. The number of methoxy groups -OCH3 is 1. The van der Waals surface area contributed by atoms with Crippen LogP contribution in [0.5, 0.6) is 5.75 Å². The molecule has 1 heterocycles. The standard InChI is InChI=1S/C13H17ClN2O3S/c1-19-10-4-5-12-11(8-10)15-13(9-14)16(12)6-3-7-20(2,17)18/h4-5,8H,3,6-7,9H2,1-2H3. The summed E-state index contributed by atoms with van der Waals surface area (Å²) in [6.45, 7) is 0.581. The molecule has 0 atom stereocenters. The molecule has 0 N–H and O–H groups in total. The molecule has 0 bridgehead atoms. The Bertz CT molecular complexity index is 710. The molecule has 0 aliphatic rings. The van der Waals surface area contributed by atoms with Gasteiger partial charge in [-0.2, -0.15) is 0 Å². The topological polar surface area (TPSA) is 61.2 Å². The molecule has 20 heavy (non-hydrogen) atoms. The van der Waals surface area contributed by atoms with Crippen molar-refractivity contribution >= 4 is 32.5 Å². The Hall–Kier alpha value is -1.27. The van der Waals surface area contributed by atoms with E-state index in [9.17, 15) is 8.42 Å². The molecule has 0 spiro atoms. The summed E-state index contributed by atoms with van der Waals surface area (Å²) in [5, 5.41) is 0. The summed E-state index contributed by atoms with van der Waals surface area (Å²) in [6, 6.07) is 5.62. The van der Waals surface area contributed by atoms with E-state index in [0.29, 0.717) is 13.0 Å². The molecule has 0 amide bonds. The van der Waals surface area contributed by atoms with Crippen molar-refractivity contribution in [2.24, 2.45) is 0 Å². The van der Waals surface area contributed by atoms with Crippen molar-refractivity contribution in [2.45, 2.75) is 18.8 Å². The summed E-state index contributed by atoms with van der Waals surface area (Å²) in [5.74, 6) is 1.92. The molecule has 2 rings (SSSR count). The van der Waals surface area contributed by atoms with E-state index in [4.69, 9.17) is 16.3 Å². The van der Waals surface area contributed by atoms with Crippen LogP contribution in [-0.4, -0.2) is 37.1 Å². The van der Waals surface area contributed by atoms with Gasteiger partial charge < -0.3 is 9.30 Å². The molecule has 2 aromatic rings. The SMILES string of the molecule is COc1ccc2c(c1)nc(CCl)n2CCCS(C)(=O)=O. The van der Waals surface area contributed by atoms with Gasteiger partial charge in [0.1, 0.15) is 21.4 Å². The van der Waals surface area contributed by atoms with Gasteiger partial charge >= 0.3 is 0 Å². The molecular weight excluding hydrogens is 300 g/mol. The van der Waals surface area contributed by atoms with Crippen LogP contribution in [0.2, 0.25) is 0 Å². The van der Waals surface area contributed by atoms with E-state index in [0.717, 1.165) is 22.6 Å². The Balaban J connectivity index is 2.31. The van der Waals surface area contributed by atoms with E-state index >= 15 is 0 Å². The second-order valence-electron chi connectivity index (χ2n) is 4.65. The van der Waals surface area contributed by atoms with E-state index in [1.807, 2.05) is 22.8 Å². The lowest BCUT2D eigenvalue weighted by Gasteiger charge is -2.07. The quantitative estimate of drug-likeness (QED) is 0.767. The number of alkyl halides is 1. The summed E-state index contributed by atoms with van der Waals surface area (Å²) in [4.78, 5) is 4.46. The average Bonchev–Trinajstić information content (AvgIpc) is 2.74. The molecular formula is C13H17ClN2O3S. The van der Waals surface area contributed by atoms with Gasteiger partial charge in [-0.1, -0.05) is 0 Å². The molecule has 0 fully saturated rings. The van der Waals surface area contributed by atoms with Crippen molar-refractivity contribution < 1.29 is 13.2 Å². The largest absolute Gasteiger partial charge is 0.497 e. The molecule has 0 radical (unpaired) electrons. The lowest BCUT2D eigenvalue weighted by molar-refractivity contribution is 0.415. The first-order valence-electron chi connectivity index (χ1n) is 6.21. The molecule has 1 aromatic carbocycles. The number of benzene rings is 1. The molecule has 0 unspecified atom stereocenters. The first-order chi connectivity index (χ1) is 9.44. The normalized spacial score (nSPS) is 11.9. The number of sulfone groups is 1. The van der Waals surface area contributed by atoms with E-state index in [1.54, 1.807) is 7.11 Å². The highest BCUT2D eigenvalue weighted by Crippen LogP contribution is 2.23. The van der Waals surface area contributed by atoms with Gasteiger partial charge in [0.2, 0.25) is 0 Å². The monoisotopic (exact) mass is 316 g/mol. The number of hydrogen-bond donors (Lipinski definition) is 0. The lowest BCUT2D eigenvalue weighted by atomic mass is 10.3. The zero-order valence-electron chi connectivity index (χ0n) is 11.5. The fourth-order valence-electron chi connectivity index (χ4n) is 2.12. The summed E-state index contributed by atoms with van der Waals surface area (Å²) in [5.41, 5.74) is 1.74. The van der Waals surface area contributed by atoms with Crippen molar-refractivity contribution in [3.8, 4) is 5.75 Å². The van der Waals surface area contributed by atoms with Crippen LogP contribution in [-0.2, 0) is 22.3 Å². The number of nitrogens with zero attached hydrogens (tertiary/aromatic N) is 2. The maximum Gasteiger partial charge on any atom is 0.147 e. The van der Waals surface area contributed by atoms with Crippen LogP contribution in [0.3, 0.4) is 0 Å². The third-order valence-electron chi connectivity index (χ3n) is 3.05. The van der Waals surface area contributed by atoms with Gasteiger partial charge in [-0.25, -0.2) is 13.4 Å². The number of ether oxygens (including phenoxy) is 1. The second kappa shape index (κ2) is 6.01. The summed E-state index contributed by atoms with van der Waals surface area (Å²) >= 11 is 5.91. The van der Waals surface area contributed by atoms with Gasteiger partial charge in [-0.15, -0.1) is 11.6 Å². The van der Waals surface area contributed by atoms with Crippen LogP contribution in [0.1, 0.15) is 12.2 Å². The van der Waals surface area contributed by atoms with E-state index < -0.39 is 9.84 Å². The third kappa shape index (κ3) is 3.43. The average molecular weight is 317 g/mol. The third-order valence-corrected chi connectivity index (χ3v) is 4.32. The highest BCUT2D eigenvalue weighted by molar-refractivity contribution is 7.90. The maximum absolute atomic E-state index is 11.2. The lowest BCUT2D eigenvalue weighted by Crippen LogP contribution is -2.09. The molecule has 0 aliphatic heterocycles. The minimum atomic E-state index is -2.95. The van der Waals surface area contributed by atoms with Crippen LogP contribution in [0.25, 0.3) is 11.0 Å². The van der Waals surface area contributed by atoms with E-state index in [-0.39, 0.29) is 11.6 Å². The first kappa shape index (κ1) is 15.1. The van der Waals surface area contributed by atoms with Crippen LogP contribution in [0, 0.1) is 0 Å². The highest BCUT2D eigenvalue weighted by Gasteiger charge is 2.11. The Morgan fingerprint density at radius 1 is 1.40 bits per heavy atom. The van der Waals surface area contributed by atoms with Crippen molar-refractivity contribution in [3.05, 3.63) is 24.0 Å². The van der Waals surface area contributed by atoms with Crippen LogP contribution >= 0.6 is 11.6 Å². The number of fused-ring (bicyclic) bond motifs is 1. The second-order valence-corrected chi connectivity index (χ2v) is 7.18. The Morgan fingerprint density at radius 2 is 2.15 bits per heavy atom. The predicted molar refractivity (Wildman–Crippen MR) is 80.2 cm³/mol. The van der Waals surface area contributed by atoms with Crippen LogP contribution < -0.4 is 4.74 Å². The summed E-state index contributed by atoms with van der Waals surface area (Å²) < 4.78 is 29.5. The Kier molecular flexibility index (Phi) is 4.55. The summed E-state index contributed by atoms with van der Waals surface area (Å²) in [7, 11) is -1.34. The molecule has 0 saturated carbocycles. The number of hydrogen-bond acceptors (Lipinski definition) is 4. The van der Waals surface area contributed by atoms with Gasteiger partial charge in [0.25, 0.3) is 0 Å². The smallest absolute Gasteiger partial charge is 0.147 e.